The molecule has 2 atom stereocenters. The Bertz CT molecular complexity index is 285. The van der Waals surface area contributed by atoms with Gasteiger partial charge in [-0.3, -0.25) is 0 Å². The minimum Gasteiger partial charge on any atom is -0.489 e. The van der Waals surface area contributed by atoms with E-state index in [0.29, 0.717) is 6.04 Å². The first-order valence-electron chi connectivity index (χ1n) is 5.04. The summed E-state index contributed by atoms with van der Waals surface area (Å²) in [5.41, 5.74) is 1.18. The average molecular weight is 193 g/mol. The summed E-state index contributed by atoms with van der Waals surface area (Å²) in [7, 11) is 1.95. The standard InChI is InChI=1S/C12H19NO/c1-9-7-5-6-8-12(9)14-11(3)10(2)13-4/h5-8,10-11,13H,1-4H3. The van der Waals surface area contributed by atoms with Crippen LogP contribution in [0.25, 0.3) is 0 Å². The molecule has 0 spiro atoms. The quantitative estimate of drug-likeness (QED) is 0.792. The number of aryl methyl sites for hydroxylation is 1. The normalized spacial score (nSPS) is 14.9. The lowest BCUT2D eigenvalue weighted by Gasteiger charge is -2.21. The SMILES string of the molecule is CNC(C)C(C)Oc1ccccc1C. The molecule has 1 N–H and O–H groups in total. The second kappa shape index (κ2) is 5.01. The van der Waals surface area contributed by atoms with E-state index < -0.39 is 0 Å². The molecule has 2 nitrogen and oxygen atoms in total. The second-order valence-electron chi connectivity index (χ2n) is 3.67. The van der Waals surface area contributed by atoms with Gasteiger partial charge in [-0.15, -0.1) is 0 Å². The van der Waals surface area contributed by atoms with Crippen molar-refractivity contribution in [3.05, 3.63) is 29.8 Å². The van der Waals surface area contributed by atoms with Crippen molar-refractivity contribution in [2.45, 2.75) is 32.9 Å². The molecule has 0 saturated heterocycles. The summed E-state index contributed by atoms with van der Waals surface area (Å²) in [4.78, 5) is 0. The zero-order chi connectivity index (χ0) is 10.6. The van der Waals surface area contributed by atoms with Gasteiger partial charge in [0.1, 0.15) is 11.9 Å². The summed E-state index contributed by atoms with van der Waals surface area (Å²) < 4.78 is 5.84. The summed E-state index contributed by atoms with van der Waals surface area (Å²) in [6.07, 6.45) is 0.182. The van der Waals surface area contributed by atoms with Crippen molar-refractivity contribution >= 4 is 0 Å². The minimum atomic E-state index is 0.182. The summed E-state index contributed by atoms with van der Waals surface area (Å²) in [6.45, 7) is 6.25. The number of rotatable bonds is 4. The number of benzene rings is 1. The first-order chi connectivity index (χ1) is 6.65. The maximum Gasteiger partial charge on any atom is 0.122 e. The lowest BCUT2D eigenvalue weighted by atomic mass is 10.2. The molecule has 0 aliphatic rings. The molecule has 0 fully saturated rings. The van der Waals surface area contributed by atoms with Crippen LogP contribution >= 0.6 is 0 Å². The predicted molar refractivity (Wildman–Crippen MR) is 59.8 cm³/mol. The van der Waals surface area contributed by atoms with Crippen molar-refractivity contribution in [3.8, 4) is 5.75 Å². The van der Waals surface area contributed by atoms with Gasteiger partial charge in [0, 0.05) is 6.04 Å². The highest BCUT2D eigenvalue weighted by Crippen LogP contribution is 2.18. The molecule has 2 unspecified atom stereocenters. The van der Waals surface area contributed by atoms with E-state index in [1.54, 1.807) is 0 Å². The molecule has 0 aliphatic heterocycles. The number of hydrogen-bond donors (Lipinski definition) is 1. The molecule has 1 rings (SSSR count). The molecule has 2 heteroatoms. The van der Waals surface area contributed by atoms with Gasteiger partial charge in [-0.25, -0.2) is 0 Å². The van der Waals surface area contributed by atoms with E-state index in [1.807, 2.05) is 25.2 Å². The van der Waals surface area contributed by atoms with Crippen LogP contribution in [0.4, 0.5) is 0 Å². The molecule has 1 aromatic rings. The van der Waals surface area contributed by atoms with Gasteiger partial charge in [0.05, 0.1) is 0 Å². The number of nitrogens with one attached hydrogen (secondary N) is 1. The van der Waals surface area contributed by atoms with Crippen LogP contribution in [0.3, 0.4) is 0 Å². The van der Waals surface area contributed by atoms with E-state index in [2.05, 4.69) is 32.2 Å². The van der Waals surface area contributed by atoms with Crippen molar-refractivity contribution in [3.63, 3.8) is 0 Å². The van der Waals surface area contributed by atoms with E-state index in [1.165, 1.54) is 5.56 Å². The van der Waals surface area contributed by atoms with Crippen molar-refractivity contribution in [2.24, 2.45) is 0 Å². The molecule has 0 aromatic heterocycles. The molecule has 0 saturated carbocycles. The van der Waals surface area contributed by atoms with Crippen LogP contribution < -0.4 is 10.1 Å². The van der Waals surface area contributed by atoms with Gasteiger partial charge in [-0.1, -0.05) is 18.2 Å². The van der Waals surface area contributed by atoms with E-state index in [-0.39, 0.29) is 6.10 Å². The lowest BCUT2D eigenvalue weighted by molar-refractivity contribution is 0.181. The maximum atomic E-state index is 5.84. The minimum absolute atomic E-state index is 0.182. The molecular weight excluding hydrogens is 174 g/mol. The third-order valence-electron chi connectivity index (χ3n) is 2.57. The molecule has 0 heterocycles. The predicted octanol–water partition coefficient (Wildman–Crippen LogP) is 2.37. The molecule has 0 aliphatic carbocycles. The van der Waals surface area contributed by atoms with Gasteiger partial charge in [0.25, 0.3) is 0 Å². The fraction of sp³-hybridized carbons (Fsp3) is 0.500. The highest BCUT2D eigenvalue weighted by atomic mass is 16.5. The second-order valence-corrected chi connectivity index (χ2v) is 3.67. The highest BCUT2D eigenvalue weighted by molar-refractivity contribution is 5.31. The maximum absolute atomic E-state index is 5.84. The highest BCUT2D eigenvalue weighted by Gasteiger charge is 2.11. The van der Waals surface area contributed by atoms with Crippen molar-refractivity contribution < 1.29 is 4.74 Å². The Hall–Kier alpha value is -1.02. The number of likely N-dealkylation sites (N-methyl/N-ethyl adjacent to an activating group) is 1. The van der Waals surface area contributed by atoms with E-state index >= 15 is 0 Å². The topological polar surface area (TPSA) is 21.3 Å². The monoisotopic (exact) mass is 193 g/mol. The number of para-hydroxylation sites is 1. The van der Waals surface area contributed by atoms with Gasteiger partial charge in [-0.05, 0) is 39.4 Å². The fourth-order valence-electron chi connectivity index (χ4n) is 1.23. The average Bonchev–Trinajstić information content (AvgIpc) is 2.20. The first-order valence-corrected chi connectivity index (χ1v) is 5.04. The van der Waals surface area contributed by atoms with Gasteiger partial charge < -0.3 is 10.1 Å². The molecule has 14 heavy (non-hydrogen) atoms. The Balaban J connectivity index is 2.64. The van der Waals surface area contributed by atoms with Gasteiger partial charge in [0.15, 0.2) is 0 Å². The summed E-state index contributed by atoms with van der Waals surface area (Å²) in [5, 5.41) is 3.18. The van der Waals surface area contributed by atoms with Crippen molar-refractivity contribution in [2.75, 3.05) is 7.05 Å². The van der Waals surface area contributed by atoms with E-state index in [9.17, 15) is 0 Å². The molecular formula is C12H19NO. The van der Waals surface area contributed by atoms with Crippen LogP contribution in [-0.4, -0.2) is 19.2 Å². The van der Waals surface area contributed by atoms with Crippen molar-refractivity contribution in [1.82, 2.24) is 5.32 Å². The Labute approximate surface area is 86.3 Å². The van der Waals surface area contributed by atoms with E-state index in [0.717, 1.165) is 5.75 Å². The molecule has 1 aromatic carbocycles. The van der Waals surface area contributed by atoms with Crippen LogP contribution in [0.5, 0.6) is 5.75 Å². The Morgan fingerprint density at radius 2 is 1.86 bits per heavy atom. The first kappa shape index (κ1) is 11.1. The third-order valence-corrected chi connectivity index (χ3v) is 2.57. The number of ether oxygens (including phenoxy) is 1. The van der Waals surface area contributed by atoms with Crippen LogP contribution in [0.2, 0.25) is 0 Å². The Morgan fingerprint density at radius 1 is 1.21 bits per heavy atom. The van der Waals surface area contributed by atoms with Gasteiger partial charge >= 0.3 is 0 Å². The summed E-state index contributed by atoms with van der Waals surface area (Å²) in [6, 6.07) is 8.45. The Kier molecular flexibility index (Phi) is 3.96. The smallest absolute Gasteiger partial charge is 0.122 e. The zero-order valence-electron chi connectivity index (χ0n) is 9.37. The molecule has 0 radical (unpaired) electrons. The van der Waals surface area contributed by atoms with Crippen LogP contribution in [-0.2, 0) is 0 Å². The zero-order valence-corrected chi connectivity index (χ0v) is 9.37. The summed E-state index contributed by atoms with van der Waals surface area (Å²) >= 11 is 0. The molecule has 0 amide bonds. The van der Waals surface area contributed by atoms with Gasteiger partial charge in [0.2, 0.25) is 0 Å². The third kappa shape index (κ3) is 2.74. The van der Waals surface area contributed by atoms with Crippen LogP contribution in [0.1, 0.15) is 19.4 Å². The number of hydrogen-bond acceptors (Lipinski definition) is 2. The lowest BCUT2D eigenvalue weighted by Crippen LogP contribution is -2.36. The van der Waals surface area contributed by atoms with Gasteiger partial charge in [-0.2, -0.15) is 0 Å². The fourth-order valence-corrected chi connectivity index (χ4v) is 1.23. The van der Waals surface area contributed by atoms with E-state index in [4.69, 9.17) is 4.74 Å². The van der Waals surface area contributed by atoms with Crippen molar-refractivity contribution in [1.29, 1.82) is 0 Å². The van der Waals surface area contributed by atoms with Crippen LogP contribution in [0.15, 0.2) is 24.3 Å². The molecule has 0 bridgehead atoms. The largest absolute Gasteiger partial charge is 0.489 e. The Morgan fingerprint density at radius 3 is 2.43 bits per heavy atom. The summed E-state index contributed by atoms with van der Waals surface area (Å²) in [5.74, 6) is 0.974. The molecule has 78 valence electrons. The van der Waals surface area contributed by atoms with Crippen LogP contribution in [0, 0.1) is 6.92 Å².